The molecule has 3 aromatic rings. The van der Waals surface area contributed by atoms with E-state index in [1.54, 1.807) is 0 Å². The molecule has 1 amide bonds. The number of para-hydroxylation sites is 1. The normalized spacial score (nSPS) is 17.5. The number of rotatable bonds is 3. The molecule has 2 aliphatic heterocycles. The van der Waals surface area contributed by atoms with Gasteiger partial charge in [0.05, 0.1) is 12.1 Å². The highest BCUT2D eigenvalue weighted by Gasteiger charge is 2.25. The Kier molecular flexibility index (Phi) is 3.74. The fourth-order valence-corrected chi connectivity index (χ4v) is 3.95. The number of carbonyl (C=O) groups excluding carboxylic acids is 1. The van der Waals surface area contributed by atoms with Crippen molar-refractivity contribution < 1.29 is 14.1 Å². The molecule has 0 saturated heterocycles. The number of hydrogen-bond donors (Lipinski definition) is 0. The van der Waals surface area contributed by atoms with Crippen molar-refractivity contribution in [3.05, 3.63) is 65.4 Å². The highest BCUT2D eigenvalue weighted by Crippen LogP contribution is 2.33. The minimum atomic E-state index is 0.0518. The van der Waals surface area contributed by atoms with Crippen molar-refractivity contribution in [1.29, 1.82) is 0 Å². The van der Waals surface area contributed by atoms with Crippen LogP contribution in [0, 0.1) is 0 Å². The maximum Gasteiger partial charge on any atom is 0.233 e. The quantitative estimate of drug-likeness (QED) is 0.713. The van der Waals surface area contributed by atoms with Crippen LogP contribution in [-0.4, -0.2) is 23.7 Å². The molecular formula is C22H20N2O3. The van der Waals surface area contributed by atoms with Crippen molar-refractivity contribution in [3.8, 4) is 17.1 Å². The first-order chi connectivity index (χ1) is 13.2. The van der Waals surface area contributed by atoms with Crippen molar-refractivity contribution in [2.45, 2.75) is 32.3 Å². The molecular weight excluding hydrogens is 340 g/mol. The van der Waals surface area contributed by atoms with E-state index in [9.17, 15) is 4.79 Å². The number of aromatic nitrogens is 1. The average molecular weight is 360 g/mol. The van der Waals surface area contributed by atoms with E-state index in [1.807, 2.05) is 41.3 Å². The van der Waals surface area contributed by atoms with Crippen molar-refractivity contribution in [1.82, 2.24) is 5.16 Å². The maximum atomic E-state index is 12.7. The molecule has 0 spiro atoms. The second-order valence-electron chi connectivity index (χ2n) is 7.24. The van der Waals surface area contributed by atoms with Crippen molar-refractivity contribution in [3.63, 3.8) is 0 Å². The lowest BCUT2D eigenvalue weighted by Gasteiger charge is -2.16. The Morgan fingerprint density at radius 2 is 2.07 bits per heavy atom. The van der Waals surface area contributed by atoms with Gasteiger partial charge in [-0.3, -0.25) is 4.79 Å². The second-order valence-corrected chi connectivity index (χ2v) is 7.24. The zero-order valence-electron chi connectivity index (χ0n) is 15.1. The number of ether oxygens (including phenoxy) is 1. The molecule has 0 fully saturated rings. The topological polar surface area (TPSA) is 55.6 Å². The Balaban J connectivity index is 1.33. The molecule has 2 aliphatic rings. The summed E-state index contributed by atoms with van der Waals surface area (Å²) in [6, 6.07) is 16.0. The average Bonchev–Trinajstić information content (AvgIpc) is 3.37. The molecule has 1 unspecified atom stereocenters. The number of nitrogens with zero attached hydrogens (tertiary/aromatic N) is 2. The first-order valence-electron chi connectivity index (χ1n) is 9.31. The maximum absolute atomic E-state index is 12.7. The molecule has 3 heterocycles. The highest BCUT2D eigenvalue weighted by molar-refractivity contribution is 5.96. The van der Waals surface area contributed by atoms with Crippen molar-refractivity contribution >= 4 is 11.6 Å². The SMILES string of the molecule is CC1Cc2cc(-c3cc(CC(=O)N4CCc5ccccc54)no3)ccc2O1. The molecule has 0 aliphatic carbocycles. The van der Waals surface area contributed by atoms with Crippen molar-refractivity contribution in [2.75, 3.05) is 11.4 Å². The Morgan fingerprint density at radius 3 is 3.00 bits per heavy atom. The van der Waals surface area contributed by atoms with Crippen LogP contribution in [0.15, 0.2) is 53.1 Å². The first-order valence-corrected chi connectivity index (χ1v) is 9.31. The number of anilines is 1. The van der Waals surface area contributed by atoms with Crippen LogP contribution in [0.2, 0.25) is 0 Å². The third kappa shape index (κ3) is 2.89. The summed E-state index contributed by atoms with van der Waals surface area (Å²) in [7, 11) is 0. The summed E-state index contributed by atoms with van der Waals surface area (Å²) in [4.78, 5) is 14.6. The van der Waals surface area contributed by atoms with Gasteiger partial charge in [0, 0.05) is 30.3 Å². The van der Waals surface area contributed by atoms with E-state index < -0.39 is 0 Å². The fourth-order valence-electron chi connectivity index (χ4n) is 3.95. The van der Waals surface area contributed by atoms with Gasteiger partial charge in [-0.05, 0) is 48.7 Å². The number of amides is 1. The molecule has 1 aromatic heterocycles. The Morgan fingerprint density at radius 1 is 1.19 bits per heavy atom. The highest BCUT2D eigenvalue weighted by atomic mass is 16.5. The minimum absolute atomic E-state index is 0.0518. The summed E-state index contributed by atoms with van der Waals surface area (Å²) >= 11 is 0. The molecule has 2 aromatic carbocycles. The lowest BCUT2D eigenvalue weighted by Crippen LogP contribution is -2.30. The van der Waals surface area contributed by atoms with Gasteiger partial charge in [0.2, 0.25) is 5.91 Å². The molecule has 0 bridgehead atoms. The lowest BCUT2D eigenvalue weighted by molar-refractivity contribution is -0.118. The van der Waals surface area contributed by atoms with Gasteiger partial charge in [-0.25, -0.2) is 0 Å². The van der Waals surface area contributed by atoms with Crippen LogP contribution < -0.4 is 9.64 Å². The first kappa shape index (κ1) is 16.1. The second kappa shape index (κ2) is 6.27. The minimum Gasteiger partial charge on any atom is -0.490 e. The standard InChI is InChI=1S/C22H20N2O3/c1-14-10-17-11-16(6-7-20(17)26-14)21-12-18(23-27-21)13-22(25)24-9-8-15-4-2-3-5-19(15)24/h2-7,11-12,14H,8-10,13H2,1H3. The zero-order chi connectivity index (χ0) is 18.4. The van der Waals surface area contributed by atoms with E-state index in [1.165, 1.54) is 11.1 Å². The number of hydrogen-bond acceptors (Lipinski definition) is 4. The van der Waals surface area contributed by atoms with Crippen LogP contribution in [0.4, 0.5) is 5.69 Å². The summed E-state index contributed by atoms with van der Waals surface area (Å²) in [6.45, 7) is 2.79. The van der Waals surface area contributed by atoms with Crippen LogP contribution in [-0.2, 0) is 24.1 Å². The van der Waals surface area contributed by atoms with Crippen LogP contribution in [0.3, 0.4) is 0 Å². The molecule has 0 radical (unpaired) electrons. The summed E-state index contributed by atoms with van der Waals surface area (Å²) in [5.74, 6) is 1.67. The Bertz CT molecular complexity index is 1020. The predicted molar refractivity (Wildman–Crippen MR) is 102 cm³/mol. The molecule has 0 N–H and O–H groups in total. The van der Waals surface area contributed by atoms with Gasteiger partial charge in [0.15, 0.2) is 5.76 Å². The van der Waals surface area contributed by atoms with Gasteiger partial charge in [-0.1, -0.05) is 23.4 Å². The molecule has 5 rings (SSSR count). The van der Waals surface area contributed by atoms with Crippen LogP contribution in [0.5, 0.6) is 5.75 Å². The summed E-state index contributed by atoms with van der Waals surface area (Å²) < 4.78 is 11.3. The van der Waals surface area contributed by atoms with Crippen LogP contribution in [0.1, 0.15) is 23.7 Å². The van der Waals surface area contributed by atoms with E-state index in [0.717, 1.165) is 36.4 Å². The monoisotopic (exact) mass is 360 g/mol. The molecule has 27 heavy (non-hydrogen) atoms. The van der Waals surface area contributed by atoms with Gasteiger partial charge < -0.3 is 14.2 Å². The summed E-state index contributed by atoms with van der Waals surface area (Å²) in [6.07, 6.45) is 2.25. The Labute approximate surface area is 157 Å². The van der Waals surface area contributed by atoms with E-state index in [-0.39, 0.29) is 18.4 Å². The van der Waals surface area contributed by atoms with Gasteiger partial charge in [0.25, 0.3) is 0 Å². The molecule has 0 saturated carbocycles. The van der Waals surface area contributed by atoms with Gasteiger partial charge >= 0.3 is 0 Å². The molecule has 5 nitrogen and oxygen atoms in total. The summed E-state index contributed by atoms with van der Waals surface area (Å²) in [5, 5.41) is 4.11. The van der Waals surface area contributed by atoms with Gasteiger partial charge in [-0.2, -0.15) is 0 Å². The van der Waals surface area contributed by atoms with Crippen LogP contribution >= 0.6 is 0 Å². The smallest absolute Gasteiger partial charge is 0.233 e. The van der Waals surface area contributed by atoms with E-state index in [0.29, 0.717) is 11.5 Å². The van der Waals surface area contributed by atoms with Crippen LogP contribution in [0.25, 0.3) is 11.3 Å². The zero-order valence-corrected chi connectivity index (χ0v) is 15.1. The van der Waals surface area contributed by atoms with Gasteiger partial charge in [0.1, 0.15) is 11.9 Å². The van der Waals surface area contributed by atoms with E-state index in [4.69, 9.17) is 9.26 Å². The molecule has 5 heteroatoms. The summed E-state index contributed by atoms with van der Waals surface area (Å²) in [5.41, 5.74) is 5.04. The molecule has 136 valence electrons. The third-order valence-electron chi connectivity index (χ3n) is 5.26. The lowest BCUT2D eigenvalue weighted by atomic mass is 10.1. The molecule has 1 atom stereocenters. The number of fused-ring (bicyclic) bond motifs is 2. The van der Waals surface area contributed by atoms with E-state index in [2.05, 4.69) is 24.2 Å². The van der Waals surface area contributed by atoms with E-state index >= 15 is 0 Å². The fraction of sp³-hybridized carbons (Fsp3) is 0.273. The largest absolute Gasteiger partial charge is 0.490 e. The Hall–Kier alpha value is -3.08. The predicted octanol–water partition coefficient (Wildman–Crippen LogP) is 3.80. The van der Waals surface area contributed by atoms with Gasteiger partial charge in [-0.15, -0.1) is 0 Å². The van der Waals surface area contributed by atoms with Crippen molar-refractivity contribution in [2.24, 2.45) is 0 Å². The number of benzene rings is 2. The third-order valence-corrected chi connectivity index (χ3v) is 5.26. The number of carbonyl (C=O) groups is 1.